The Morgan fingerprint density at radius 1 is 1.36 bits per heavy atom. The lowest BCUT2D eigenvalue weighted by atomic mass is 10.3. The Kier molecular flexibility index (Phi) is 9.19. The zero-order valence-electron chi connectivity index (χ0n) is 15.4. The normalized spacial score (nSPS) is 15.9. The molecule has 1 amide bonds. The highest BCUT2D eigenvalue weighted by Crippen LogP contribution is 2.07. The lowest BCUT2D eigenvalue weighted by Crippen LogP contribution is -2.53. The van der Waals surface area contributed by atoms with Crippen LogP contribution in [0.3, 0.4) is 0 Å². The molecule has 2 rings (SSSR count). The number of amides is 1. The number of carbonyl (C=O) groups is 1. The quantitative estimate of drug-likeness (QED) is 0.396. The maximum absolute atomic E-state index is 11.8. The van der Waals surface area contributed by atoms with E-state index in [1.54, 1.807) is 25.3 Å². The number of hydrogen-bond donors (Lipinski definition) is 1. The van der Waals surface area contributed by atoms with Crippen LogP contribution in [0, 0.1) is 0 Å². The third kappa shape index (κ3) is 7.18. The van der Waals surface area contributed by atoms with E-state index >= 15 is 0 Å². The van der Waals surface area contributed by atoms with Crippen molar-refractivity contribution in [2.24, 2.45) is 4.99 Å². The molecule has 1 aromatic rings. The van der Waals surface area contributed by atoms with Gasteiger partial charge in [0, 0.05) is 58.9 Å². The van der Waals surface area contributed by atoms with E-state index in [0.29, 0.717) is 0 Å². The Bertz CT molecular complexity index is 539. The molecule has 0 radical (unpaired) electrons. The molecule has 1 aliphatic heterocycles. The van der Waals surface area contributed by atoms with Gasteiger partial charge in [-0.2, -0.15) is 0 Å². The Hall–Kier alpha value is -1.36. The number of likely N-dealkylation sites (N-methyl/N-ethyl adjacent to an activating group) is 1. The predicted octanol–water partition coefficient (Wildman–Crippen LogP) is 0.852. The van der Waals surface area contributed by atoms with Gasteiger partial charge in [-0.15, -0.1) is 24.0 Å². The van der Waals surface area contributed by atoms with Crippen LogP contribution in [0.1, 0.15) is 19.5 Å². The van der Waals surface area contributed by atoms with Crippen LogP contribution >= 0.6 is 24.0 Å². The predicted molar refractivity (Wildman–Crippen MR) is 108 cm³/mol. The Morgan fingerprint density at radius 2 is 2.04 bits per heavy atom. The molecule has 1 N–H and O–H groups in total. The van der Waals surface area contributed by atoms with E-state index in [4.69, 9.17) is 4.52 Å². The zero-order valence-corrected chi connectivity index (χ0v) is 17.8. The van der Waals surface area contributed by atoms with Crippen molar-refractivity contribution >= 4 is 35.8 Å². The van der Waals surface area contributed by atoms with Crippen molar-refractivity contribution < 1.29 is 9.32 Å². The first-order chi connectivity index (χ1) is 11.5. The number of hydrogen-bond acceptors (Lipinski definition) is 5. The minimum absolute atomic E-state index is 0. The Balaban J connectivity index is 0.00000312. The van der Waals surface area contributed by atoms with E-state index in [-0.39, 0.29) is 42.5 Å². The van der Waals surface area contributed by atoms with E-state index in [1.165, 1.54) is 0 Å². The molecule has 0 atom stereocenters. The third-order valence-corrected chi connectivity index (χ3v) is 3.83. The number of nitrogens with one attached hydrogen (secondary N) is 1. The largest absolute Gasteiger partial charge is 0.364 e. The zero-order chi connectivity index (χ0) is 17.5. The van der Waals surface area contributed by atoms with Crippen LogP contribution in [0.25, 0.3) is 0 Å². The number of aliphatic imine (C=N–C) groups is 1. The van der Waals surface area contributed by atoms with Crippen molar-refractivity contribution in [2.45, 2.75) is 26.4 Å². The minimum atomic E-state index is 0. The van der Waals surface area contributed by atoms with Crippen molar-refractivity contribution in [3.05, 3.63) is 18.0 Å². The summed E-state index contributed by atoms with van der Waals surface area (Å²) in [4.78, 5) is 22.4. The highest BCUT2D eigenvalue weighted by atomic mass is 127. The van der Waals surface area contributed by atoms with Gasteiger partial charge in [-0.3, -0.25) is 9.69 Å². The average molecular weight is 464 g/mol. The van der Waals surface area contributed by atoms with Gasteiger partial charge in [-0.05, 0) is 13.8 Å². The highest BCUT2D eigenvalue weighted by Gasteiger charge is 2.21. The van der Waals surface area contributed by atoms with Crippen molar-refractivity contribution in [3.63, 3.8) is 0 Å². The van der Waals surface area contributed by atoms with Crippen LogP contribution in [0.15, 0.2) is 21.8 Å². The standard InChI is InChI=1S/C16H28N6O2.HI/c1-13(2)18-16(17-11-15(23)20(3)4)22-8-6-21(7-9-22)12-14-5-10-24-19-14;/h5,10,13H,6-9,11-12H2,1-4H3,(H,17,18);1H. The van der Waals surface area contributed by atoms with E-state index in [1.807, 2.05) is 6.07 Å². The smallest absolute Gasteiger partial charge is 0.243 e. The molecule has 0 aromatic carbocycles. The summed E-state index contributed by atoms with van der Waals surface area (Å²) in [5, 5.41) is 7.32. The second kappa shape index (κ2) is 10.6. The molecule has 1 fully saturated rings. The summed E-state index contributed by atoms with van der Waals surface area (Å²) in [6, 6.07) is 2.17. The molecule has 8 nitrogen and oxygen atoms in total. The maximum atomic E-state index is 11.8. The maximum Gasteiger partial charge on any atom is 0.243 e. The first kappa shape index (κ1) is 21.7. The fourth-order valence-electron chi connectivity index (χ4n) is 2.45. The van der Waals surface area contributed by atoms with Gasteiger partial charge in [-0.1, -0.05) is 5.16 Å². The van der Waals surface area contributed by atoms with Gasteiger partial charge in [0.05, 0.1) is 5.69 Å². The summed E-state index contributed by atoms with van der Waals surface area (Å²) >= 11 is 0. The molecule has 1 aromatic heterocycles. The second-order valence-electron chi connectivity index (χ2n) is 6.48. The van der Waals surface area contributed by atoms with Crippen molar-refractivity contribution in [1.82, 2.24) is 25.2 Å². The summed E-state index contributed by atoms with van der Waals surface area (Å²) in [6.45, 7) is 8.70. The van der Waals surface area contributed by atoms with Crippen LogP contribution in [-0.2, 0) is 11.3 Å². The van der Waals surface area contributed by atoms with Gasteiger partial charge < -0.3 is 19.6 Å². The number of piperazine rings is 1. The number of halogens is 1. The summed E-state index contributed by atoms with van der Waals surface area (Å²) in [6.07, 6.45) is 1.60. The number of nitrogens with zero attached hydrogens (tertiary/aromatic N) is 5. The lowest BCUT2D eigenvalue weighted by Gasteiger charge is -2.36. The first-order valence-electron chi connectivity index (χ1n) is 8.33. The fourth-order valence-corrected chi connectivity index (χ4v) is 2.45. The summed E-state index contributed by atoms with van der Waals surface area (Å²) < 4.78 is 4.88. The molecular formula is C16H29IN6O2. The molecule has 1 aliphatic rings. The molecule has 0 bridgehead atoms. The van der Waals surface area contributed by atoms with Crippen LogP contribution in [0.5, 0.6) is 0 Å². The molecule has 0 unspecified atom stereocenters. The average Bonchev–Trinajstić information content (AvgIpc) is 3.04. The topological polar surface area (TPSA) is 77.2 Å². The molecule has 0 saturated carbocycles. The molecular weight excluding hydrogens is 435 g/mol. The van der Waals surface area contributed by atoms with Crippen LogP contribution < -0.4 is 5.32 Å². The molecule has 0 spiro atoms. The number of carbonyl (C=O) groups excluding carboxylic acids is 1. The molecule has 9 heteroatoms. The van der Waals surface area contributed by atoms with E-state index < -0.39 is 0 Å². The van der Waals surface area contributed by atoms with E-state index in [2.05, 4.69) is 39.1 Å². The van der Waals surface area contributed by atoms with E-state index in [0.717, 1.165) is 44.4 Å². The van der Waals surface area contributed by atoms with E-state index in [9.17, 15) is 4.79 Å². The second-order valence-corrected chi connectivity index (χ2v) is 6.48. The molecule has 142 valence electrons. The number of guanidine groups is 1. The highest BCUT2D eigenvalue weighted by molar-refractivity contribution is 14.0. The van der Waals surface area contributed by atoms with Crippen molar-refractivity contribution in [1.29, 1.82) is 0 Å². The van der Waals surface area contributed by atoms with Gasteiger partial charge in [0.15, 0.2) is 5.96 Å². The molecule has 1 saturated heterocycles. The molecule has 25 heavy (non-hydrogen) atoms. The number of aromatic nitrogens is 1. The molecule has 0 aliphatic carbocycles. The van der Waals surface area contributed by atoms with Gasteiger partial charge in [0.25, 0.3) is 0 Å². The lowest BCUT2D eigenvalue weighted by molar-refractivity contribution is -0.127. The van der Waals surface area contributed by atoms with Crippen molar-refractivity contribution in [3.8, 4) is 0 Å². The monoisotopic (exact) mass is 464 g/mol. The van der Waals surface area contributed by atoms with Crippen molar-refractivity contribution in [2.75, 3.05) is 46.8 Å². The first-order valence-corrected chi connectivity index (χ1v) is 8.33. The van der Waals surface area contributed by atoms with Crippen LogP contribution in [0.2, 0.25) is 0 Å². The SMILES string of the molecule is CC(C)NC(=NCC(=O)N(C)C)N1CCN(Cc2ccon2)CC1.I. The van der Waals surface area contributed by atoms with Crippen LogP contribution in [0.4, 0.5) is 0 Å². The number of rotatable bonds is 5. The summed E-state index contributed by atoms with van der Waals surface area (Å²) in [7, 11) is 3.49. The van der Waals surface area contributed by atoms with Gasteiger partial charge in [0.2, 0.25) is 5.91 Å². The minimum Gasteiger partial charge on any atom is -0.364 e. The van der Waals surface area contributed by atoms with Crippen LogP contribution in [-0.4, -0.2) is 84.6 Å². The fraction of sp³-hybridized carbons (Fsp3) is 0.688. The van der Waals surface area contributed by atoms with Gasteiger partial charge in [-0.25, -0.2) is 4.99 Å². The third-order valence-electron chi connectivity index (χ3n) is 3.83. The van der Waals surface area contributed by atoms with Gasteiger partial charge >= 0.3 is 0 Å². The Morgan fingerprint density at radius 3 is 2.56 bits per heavy atom. The summed E-state index contributed by atoms with van der Waals surface area (Å²) in [5.41, 5.74) is 0.953. The van der Waals surface area contributed by atoms with Gasteiger partial charge in [0.1, 0.15) is 12.8 Å². The molecule has 2 heterocycles. The summed E-state index contributed by atoms with van der Waals surface area (Å²) in [5.74, 6) is 0.809. The Labute approximate surface area is 166 Å².